The average molecular weight is 558 g/mol. The first-order chi connectivity index (χ1) is 17.1. The Morgan fingerprint density at radius 3 is 2.19 bits per heavy atom. The number of hydrogen-bond acceptors (Lipinski definition) is 7. The lowest BCUT2D eigenvalue weighted by Crippen LogP contribution is -2.65. The van der Waals surface area contributed by atoms with Gasteiger partial charge in [-0.15, -0.1) is 11.3 Å². The van der Waals surface area contributed by atoms with Crippen LogP contribution in [0.1, 0.15) is 23.3 Å². The quantitative estimate of drug-likeness (QED) is 0.527. The Hall–Kier alpha value is -2.91. The van der Waals surface area contributed by atoms with Crippen molar-refractivity contribution in [3.8, 4) is 5.88 Å². The topological polar surface area (TPSA) is 109 Å². The number of thiophene rings is 1. The van der Waals surface area contributed by atoms with Crippen molar-refractivity contribution in [1.29, 1.82) is 0 Å². The van der Waals surface area contributed by atoms with Crippen LogP contribution in [-0.4, -0.2) is 75.8 Å². The van der Waals surface area contributed by atoms with Gasteiger partial charge in [0.15, 0.2) is 0 Å². The predicted molar refractivity (Wildman–Crippen MR) is 118 cm³/mol. The second-order valence-electron chi connectivity index (χ2n) is 8.21. The van der Waals surface area contributed by atoms with Crippen LogP contribution >= 0.6 is 11.3 Å². The Labute approximate surface area is 211 Å². The highest BCUT2D eigenvalue weighted by molar-refractivity contribution is 7.10. The summed E-state index contributed by atoms with van der Waals surface area (Å²) in [6.45, 7) is 6.03. The number of pyridine rings is 1. The SMILES string of the molecule is Cc1ccsc1CN1CC2(CC(Oc3ccccn3)CCO2)C1.O=C(O)C(F)(F)F.O=C(O)C(F)(F)F. The molecule has 2 fully saturated rings. The molecule has 8 nitrogen and oxygen atoms in total. The van der Waals surface area contributed by atoms with Crippen LogP contribution in [0.25, 0.3) is 0 Å². The molecule has 0 amide bonds. The van der Waals surface area contributed by atoms with E-state index in [0.717, 1.165) is 45.0 Å². The van der Waals surface area contributed by atoms with E-state index in [1.807, 2.05) is 29.5 Å². The minimum absolute atomic E-state index is 0.0111. The third-order valence-electron chi connectivity index (χ3n) is 5.22. The normalized spacial score (nSPS) is 18.9. The summed E-state index contributed by atoms with van der Waals surface area (Å²) >= 11 is 1.85. The van der Waals surface area contributed by atoms with Crippen LogP contribution in [0.2, 0.25) is 0 Å². The maximum atomic E-state index is 10.6. The molecule has 2 N–H and O–H groups in total. The fourth-order valence-corrected chi connectivity index (χ4v) is 4.49. The van der Waals surface area contributed by atoms with Crippen LogP contribution < -0.4 is 4.74 Å². The van der Waals surface area contributed by atoms with E-state index in [0.29, 0.717) is 0 Å². The van der Waals surface area contributed by atoms with Gasteiger partial charge in [-0.3, -0.25) is 4.90 Å². The van der Waals surface area contributed by atoms with E-state index in [9.17, 15) is 26.3 Å². The Morgan fingerprint density at radius 1 is 1.14 bits per heavy atom. The van der Waals surface area contributed by atoms with Gasteiger partial charge >= 0.3 is 24.3 Å². The van der Waals surface area contributed by atoms with Crippen LogP contribution in [0.5, 0.6) is 5.88 Å². The van der Waals surface area contributed by atoms with E-state index < -0.39 is 24.3 Å². The minimum atomic E-state index is -5.08. The molecule has 0 bridgehead atoms. The average Bonchev–Trinajstić information content (AvgIpc) is 3.17. The molecule has 4 heterocycles. The van der Waals surface area contributed by atoms with Crippen molar-refractivity contribution in [2.24, 2.45) is 0 Å². The second-order valence-corrected chi connectivity index (χ2v) is 9.21. The number of carboxylic acid groups (broad SMARTS) is 2. The van der Waals surface area contributed by atoms with E-state index in [1.54, 1.807) is 6.20 Å². The summed E-state index contributed by atoms with van der Waals surface area (Å²) in [5.74, 6) is -4.79. The largest absolute Gasteiger partial charge is 0.490 e. The molecule has 1 unspecified atom stereocenters. The van der Waals surface area contributed by atoms with Crippen molar-refractivity contribution < 1.29 is 55.6 Å². The van der Waals surface area contributed by atoms with Crippen molar-refractivity contribution in [3.05, 3.63) is 46.3 Å². The first-order valence-electron chi connectivity index (χ1n) is 10.7. The molecule has 2 aliphatic heterocycles. The van der Waals surface area contributed by atoms with Gasteiger partial charge in [-0.2, -0.15) is 26.3 Å². The summed E-state index contributed by atoms with van der Waals surface area (Å²) in [6, 6.07) is 8.00. The summed E-state index contributed by atoms with van der Waals surface area (Å²) in [4.78, 5) is 26.0. The number of alkyl halides is 6. The fraction of sp³-hybridized carbons (Fsp3) is 0.500. The van der Waals surface area contributed by atoms with Gasteiger partial charge in [0.1, 0.15) is 6.10 Å². The molecule has 15 heteroatoms. The molecule has 0 radical (unpaired) electrons. The molecule has 4 rings (SSSR count). The molecule has 0 aliphatic carbocycles. The number of rotatable bonds is 4. The summed E-state index contributed by atoms with van der Waals surface area (Å²) in [7, 11) is 0. The number of halogens is 6. The lowest BCUT2D eigenvalue weighted by molar-refractivity contribution is -0.193. The number of aromatic nitrogens is 1. The van der Waals surface area contributed by atoms with E-state index in [1.165, 1.54) is 10.4 Å². The Balaban J connectivity index is 0.000000286. The number of carboxylic acids is 2. The zero-order valence-electron chi connectivity index (χ0n) is 19.4. The third-order valence-corrected chi connectivity index (χ3v) is 6.22. The molecule has 206 valence electrons. The number of likely N-dealkylation sites (tertiary alicyclic amines) is 1. The zero-order chi connectivity index (χ0) is 27.9. The molecule has 0 saturated carbocycles. The molecule has 1 atom stereocenters. The fourth-order valence-electron chi connectivity index (χ4n) is 3.54. The number of carbonyl (C=O) groups is 2. The zero-order valence-corrected chi connectivity index (χ0v) is 20.2. The summed E-state index contributed by atoms with van der Waals surface area (Å²) in [6.07, 6.45) is -6.27. The highest BCUT2D eigenvalue weighted by atomic mass is 32.1. The van der Waals surface area contributed by atoms with Crippen molar-refractivity contribution in [2.45, 2.75) is 50.4 Å². The van der Waals surface area contributed by atoms with Gasteiger partial charge in [-0.25, -0.2) is 14.6 Å². The maximum Gasteiger partial charge on any atom is 0.490 e. The molecule has 1 spiro atoms. The van der Waals surface area contributed by atoms with Crippen molar-refractivity contribution in [1.82, 2.24) is 9.88 Å². The molecule has 2 aromatic heterocycles. The number of hydrogen-bond donors (Lipinski definition) is 2. The standard InChI is InChI=1S/C18H22N2O2S.2C2HF3O2/c1-14-6-9-23-16(14)11-20-12-18(13-20)10-15(5-8-21-18)22-17-4-2-3-7-19-17;2*3-2(4,5)1(6)7/h2-4,6-7,9,15H,5,8,10-13H2,1H3;2*(H,6,7). The van der Waals surface area contributed by atoms with Crippen molar-refractivity contribution in [2.75, 3.05) is 19.7 Å². The first-order valence-corrected chi connectivity index (χ1v) is 11.6. The minimum Gasteiger partial charge on any atom is -0.475 e. The molecular weight excluding hydrogens is 534 g/mol. The molecule has 2 saturated heterocycles. The highest BCUT2D eigenvalue weighted by Crippen LogP contribution is 2.37. The van der Waals surface area contributed by atoms with Gasteiger partial charge in [-0.1, -0.05) is 6.07 Å². The smallest absolute Gasteiger partial charge is 0.475 e. The van der Waals surface area contributed by atoms with Gasteiger partial charge in [-0.05, 0) is 30.0 Å². The van der Waals surface area contributed by atoms with Crippen LogP contribution in [-0.2, 0) is 20.9 Å². The second kappa shape index (κ2) is 12.6. The summed E-state index contributed by atoms with van der Waals surface area (Å²) < 4.78 is 75.6. The van der Waals surface area contributed by atoms with Crippen molar-refractivity contribution >= 4 is 23.3 Å². The molecule has 2 aliphatic rings. The monoisotopic (exact) mass is 558 g/mol. The molecule has 0 aromatic carbocycles. The Kier molecular flexibility index (Phi) is 10.3. The van der Waals surface area contributed by atoms with E-state index in [-0.39, 0.29) is 11.7 Å². The number of aryl methyl sites for hydroxylation is 1. The van der Waals surface area contributed by atoms with Gasteiger partial charge in [0.2, 0.25) is 5.88 Å². The van der Waals surface area contributed by atoms with Crippen LogP contribution in [0.15, 0.2) is 35.8 Å². The maximum absolute atomic E-state index is 10.6. The van der Waals surface area contributed by atoms with Gasteiger partial charge in [0.05, 0.1) is 12.2 Å². The van der Waals surface area contributed by atoms with E-state index >= 15 is 0 Å². The molecule has 37 heavy (non-hydrogen) atoms. The summed E-state index contributed by atoms with van der Waals surface area (Å²) in [5.41, 5.74) is 1.39. The number of ether oxygens (including phenoxy) is 2. The van der Waals surface area contributed by atoms with Gasteiger partial charge in [0.25, 0.3) is 0 Å². The molecular formula is C22H24F6N2O6S. The molecule has 2 aromatic rings. The van der Waals surface area contributed by atoms with Gasteiger partial charge in [0, 0.05) is 49.6 Å². The van der Waals surface area contributed by atoms with Crippen molar-refractivity contribution in [3.63, 3.8) is 0 Å². The first kappa shape index (κ1) is 30.3. The van der Waals surface area contributed by atoms with Gasteiger partial charge < -0.3 is 19.7 Å². The summed E-state index contributed by atoms with van der Waals surface area (Å²) in [5, 5.41) is 16.4. The van der Waals surface area contributed by atoms with E-state index in [4.69, 9.17) is 29.3 Å². The third kappa shape index (κ3) is 9.81. The van der Waals surface area contributed by atoms with Crippen LogP contribution in [0, 0.1) is 6.92 Å². The predicted octanol–water partition coefficient (Wildman–Crippen LogP) is 4.53. The van der Waals surface area contributed by atoms with Crippen LogP contribution in [0.3, 0.4) is 0 Å². The lowest BCUT2D eigenvalue weighted by atomic mass is 9.84. The Morgan fingerprint density at radius 2 is 1.73 bits per heavy atom. The highest BCUT2D eigenvalue weighted by Gasteiger charge is 2.48. The number of nitrogens with zero attached hydrogens (tertiary/aromatic N) is 2. The lowest BCUT2D eigenvalue weighted by Gasteiger charge is -2.53. The number of aliphatic carboxylic acids is 2. The Bertz CT molecular complexity index is 1000. The van der Waals surface area contributed by atoms with E-state index in [2.05, 4.69) is 28.3 Å². The van der Waals surface area contributed by atoms with Crippen LogP contribution in [0.4, 0.5) is 26.3 Å².